The number of benzene rings is 1. The average Bonchev–Trinajstić information content (AvgIpc) is 2.95. The molecule has 1 aromatic heterocycles. The molecule has 3 nitrogen and oxygen atoms in total. The van der Waals surface area contributed by atoms with Gasteiger partial charge in [0.25, 0.3) is 0 Å². The Labute approximate surface area is 124 Å². The van der Waals surface area contributed by atoms with Crippen molar-refractivity contribution in [1.29, 1.82) is 0 Å². The second kappa shape index (κ2) is 8.10. The van der Waals surface area contributed by atoms with Gasteiger partial charge in [-0.05, 0) is 35.7 Å². The first kappa shape index (κ1) is 15.1. The number of methoxy groups -OCH3 is 1. The Hall–Kier alpha value is -1.29. The third kappa shape index (κ3) is 4.67. The van der Waals surface area contributed by atoms with E-state index in [1.54, 1.807) is 19.6 Å². The first-order valence-corrected chi connectivity index (χ1v) is 7.13. The maximum Gasteiger partial charge on any atom is 0.0934 e. The van der Waals surface area contributed by atoms with E-state index in [1.807, 2.05) is 24.3 Å². The molecule has 4 heteroatoms. The second-order valence-electron chi connectivity index (χ2n) is 4.78. The summed E-state index contributed by atoms with van der Waals surface area (Å²) < 4.78 is 10.2. The van der Waals surface area contributed by atoms with E-state index < -0.39 is 0 Å². The molecule has 2 rings (SSSR count). The largest absolute Gasteiger partial charge is 0.472 e. The summed E-state index contributed by atoms with van der Waals surface area (Å²) in [5, 5.41) is 4.19. The van der Waals surface area contributed by atoms with Gasteiger partial charge in [-0.15, -0.1) is 0 Å². The Kier molecular flexibility index (Phi) is 6.12. The molecule has 108 valence electrons. The van der Waals surface area contributed by atoms with Crippen LogP contribution in [0.15, 0.2) is 47.3 Å². The van der Waals surface area contributed by atoms with Gasteiger partial charge in [0.15, 0.2) is 0 Å². The molecule has 0 aliphatic heterocycles. The van der Waals surface area contributed by atoms with Crippen molar-refractivity contribution in [2.24, 2.45) is 0 Å². The van der Waals surface area contributed by atoms with Crippen molar-refractivity contribution in [3.05, 3.63) is 59.0 Å². The van der Waals surface area contributed by atoms with E-state index >= 15 is 0 Å². The van der Waals surface area contributed by atoms with Gasteiger partial charge in [0.1, 0.15) is 0 Å². The Morgan fingerprint density at radius 1 is 1.35 bits per heavy atom. The Morgan fingerprint density at radius 2 is 2.25 bits per heavy atom. The maximum atomic E-state index is 6.10. The fourth-order valence-corrected chi connectivity index (χ4v) is 2.41. The highest BCUT2D eigenvalue weighted by atomic mass is 35.5. The number of rotatable bonds is 8. The molecule has 0 bridgehead atoms. The monoisotopic (exact) mass is 293 g/mol. The van der Waals surface area contributed by atoms with Gasteiger partial charge in [-0.25, -0.2) is 0 Å². The van der Waals surface area contributed by atoms with Gasteiger partial charge < -0.3 is 14.5 Å². The first-order valence-electron chi connectivity index (χ1n) is 6.76. The van der Waals surface area contributed by atoms with Gasteiger partial charge in [-0.1, -0.05) is 23.7 Å². The van der Waals surface area contributed by atoms with Crippen LogP contribution in [0.1, 0.15) is 17.0 Å². The molecule has 0 saturated heterocycles. The number of halogens is 1. The van der Waals surface area contributed by atoms with Crippen LogP contribution in [0.2, 0.25) is 5.02 Å². The van der Waals surface area contributed by atoms with Crippen molar-refractivity contribution < 1.29 is 9.15 Å². The smallest absolute Gasteiger partial charge is 0.0934 e. The van der Waals surface area contributed by atoms with E-state index in [1.165, 1.54) is 11.1 Å². The summed E-state index contributed by atoms with van der Waals surface area (Å²) >= 11 is 6.10. The normalized spacial score (nSPS) is 12.5. The summed E-state index contributed by atoms with van der Waals surface area (Å²) in [5.74, 6) is 0.364. The summed E-state index contributed by atoms with van der Waals surface area (Å²) in [4.78, 5) is 0. The molecule has 0 aliphatic carbocycles. The zero-order valence-electron chi connectivity index (χ0n) is 11.6. The van der Waals surface area contributed by atoms with Crippen molar-refractivity contribution in [1.82, 2.24) is 5.32 Å². The molecule has 0 amide bonds. The standard InChI is InChI=1S/C16H20ClNO2/c1-19-8-6-18-11-15(9-13-5-7-20-12-13)14-3-2-4-16(17)10-14/h2-5,7,10,12,15,18H,6,8-9,11H2,1H3. The third-order valence-corrected chi connectivity index (χ3v) is 3.49. The molecular formula is C16H20ClNO2. The van der Waals surface area contributed by atoms with Crippen LogP contribution in [-0.2, 0) is 11.2 Å². The number of hydrogen-bond acceptors (Lipinski definition) is 3. The molecule has 20 heavy (non-hydrogen) atoms. The predicted octanol–water partition coefficient (Wildman–Crippen LogP) is 3.50. The topological polar surface area (TPSA) is 34.4 Å². The highest BCUT2D eigenvalue weighted by Gasteiger charge is 2.13. The fraction of sp³-hybridized carbons (Fsp3) is 0.375. The molecule has 1 aromatic carbocycles. The van der Waals surface area contributed by atoms with E-state index in [2.05, 4.69) is 11.4 Å². The lowest BCUT2D eigenvalue weighted by atomic mass is 9.93. The quantitative estimate of drug-likeness (QED) is 0.757. The van der Waals surface area contributed by atoms with Crippen LogP contribution < -0.4 is 5.32 Å². The average molecular weight is 294 g/mol. The lowest BCUT2D eigenvalue weighted by molar-refractivity contribution is 0.199. The van der Waals surface area contributed by atoms with Crippen LogP contribution in [-0.4, -0.2) is 26.8 Å². The molecule has 0 spiro atoms. The number of nitrogens with one attached hydrogen (secondary N) is 1. The molecule has 1 heterocycles. The van der Waals surface area contributed by atoms with E-state index in [9.17, 15) is 0 Å². The Bertz CT molecular complexity index is 499. The second-order valence-corrected chi connectivity index (χ2v) is 5.22. The van der Waals surface area contributed by atoms with Crippen LogP contribution in [0.4, 0.5) is 0 Å². The van der Waals surface area contributed by atoms with Gasteiger partial charge in [0.05, 0.1) is 19.1 Å². The number of furan rings is 1. The van der Waals surface area contributed by atoms with Gasteiger partial charge in [0, 0.05) is 31.1 Å². The van der Waals surface area contributed by atoms with Gasteiger partial charge >= 0.3 is 0 Å². The van der Waals surface area contributed by atoms with Gasteiger partial charge in [-0.2, -0.15) is 0 Å². The summed E-state index contributed by atoms with van der Waals surface area (Å²) in [7, 11) is 1.71. The molecule has 0 radical (unpaired) electrons. The SMILES string of the molecule is COCCNCC(Cc1ccoc1)c1cccc(Cl)c1. The Balaban J connectivity index is 2.03. The molecule has 0 aliphatic rings. The minimum absolute atomic E-state index is 0.364. The highest BCUT2D eigenvalue weighted by molar-refractivity contribution is 6.30. The minimum atomic E-state index is 0.364. The summed E-state index contributed by atoms with van der Waals surface area (Å²) in [6.07, 6.45) is 4.44. The molecule has 1 N–H and O–H groups in total. The number of hydrogen-bond donors (Lipinski definition) is 1. The summed E-state index contributed by atoms with van der Waals surface area (Å²) in [5.41, 5.74) is 2.44. The van der Waals surface area contributed by atoms with E-state index in [4.69, 9.17) is 20.8 Å². The number of ether oxygens (including phenoxy) is 1. The first-order chi connectivity index (χ1) is 9.79. The zero-order valence-corrected chi connectivity index (χ0v) is 12.4. The fourth-order valence-electron chi connectivity index (χ4n) is 2.21. The van der Waals surface area contributed by atoms with Gasteiger partial charge in [0.2, 0.25) is 0 Å². The predicted molar refractivity (Wildman–Crippen MR) is 81.4 cm³/mol. The lowest BCUT2D eigenvalue weighted by Crippen LogP contribution is -2.26. The van der Waals surface area contributed by atoms with Crippen molar-refractivity contribution in [2.75, 3.05) is 26.8 Å². The van der Waals surface area contributed by atoms with Crippen LogP contribution in [0, 0.1) is 0 Å². The molecule has 1 unspecified atom stereocenters. The molecule has 0 fully saturated rings. The van der Waals surface area contributed by atoms with E-state index in [-0.39, 0.29) is 0 Å². The maximum absolute atomic E-state index is 6.10. The summed E-state index contributed by atoms with van der Waals surface area (Å²) in [6, 6.07) is 10.1. The summed E-state index contributed by atoms with van der Waals surface area (Å²) in [6.45, 7) is 2.45. The molecule has 1 atom stereocenters. The van der Waals surface area contributed by atoms with Crippen molar-refractivity contribution in [3.8, 4) is 0 Å². The molecule has 2 aromatic rings. The van der Waals surface area contributed by atoms with Crippen LogP contribution in [0.5, 0.6) is 0 Å². The van der Waals surface area contributed by atoms with E-state index in [0.29, 0.717) is 12.5 Å². The van der Waals surface area contributed by atoms with Crippen LogP contribution in [0.25, 0.3) is 0 Å². The Morgan fingerprint density at radius 3 is 2.95 bits per heavy atom. The van der Waals surface area contributed by atoms with Crippen molar-refractivity contribution in [3.63, 3.8) is 0 Å². The van der Waals surface area contributed by atoms with E-state index in [0.717, 1.165) is 24.5 Å². The van der Waals surface area contributed by atoms with Gasteiger partial charge in [-0.3, -0.25) is 0 Å². The third-order valence-electron chi connectivity index (χ3n) is 3.26. The molecular weight excluding hydrogens is 274 g/mol. The van der Waals surface area contributed by atoms with Crippen molar-refractivity contribution >= 4 is 11.6 Å². The minimum Gasteiger partial charge on any atom is -0.472 e. The lowest BCUT2D eigenvalue weighted by Gasteiger charge is -2.18. The highest BCUT2D eigenvalue weighted by Crippen LogP contribution is 2.23. The van der Waals surface area contributed by atoms with Crippen LogP contribution in [0.3, 0.4) is 0 Å². The molecule has 0 saturated carbocycles. The zero-order chi connectivity index (χ0) is 14.2. The van der Waals surface area contributed by atoms with Crippen molar-refractivity contribution in [2.45, 2.75) is 12.3 Å². The van der Waals surface area contributed by atoms with Crippen LogP contribution >= 0.6 is 11.6 Å².